The summed E-state index contributed by atoms with van der Waals surface area (Å²) in [4.78, 5) is 2.48. The Bertz CT molecular complexity index is 414. The molecule has 1 saturated carbocycles. The molecule has 2 heteroatoms. The highest BCUT2D eigenvalue weighted by Crippen LogP contribution is 2.21. The van der Waals surface area contributed by atoms with Crippen LogP contribution in [0.4, 0.5) is 0 Å². The molecule has 106 valence electrons. The van der Waals surface area contributed by atoms with Crippen LogP contribution >= 0.6 is 0 Å². The topological polar surface area (TPSA) is 29.3 Å². The molecule has 0 aromatic heterocycles. The van der Waals surface area contributed by atoms with E-state index >= 15 is 0 Å². The maximum atomic E-state index is 6.26. The van der Waals surface area contributed by atoms with Gasteiger partial charge in [-0.15, -0.1) is 0 Å². The zero-order valence-electron chi connectivity index (χ0n) is 12.7. The van der Waals surface area contributed by atoms with Gasteiger partial charge in [-0.2, -0.15) is 0 Å². The monoisotopic (exact) mass is 260 g/mol. The molecule has 2 N–H and O–H groups in total. The predicted octanol–water partition coefficient (Wildman–Crippen LogP) is 3.05. The van der Waals surface area contributed by atoms with E-state index in [1.165, 1.54) is 42.4 Å². The van der Waals surface area contributed by atoms with E-state index in [1.807, 2.05) is 0 Å². The molecule has 2 atom stereocenters. The first kappa shape index (κ1) is 14.5. The summed E-state index contributed by atoms with van der Waals surface area (Å²) in [6, 6.07) is 7.73. The van der Waals surface area contributed by atoms with Crippen molar-refractivity contribution in [3.63, 3.8) is 0 Å². The molecule has 0 radical (unpaired) electrons. The highest BCUT2D eigenvalue weighted by atomic mass is 15.1. The molecule has 0 spiro atoms. The lowest BCUT2D eigenvalue weighted by molar-refractivity contribution is 0.170. The van der Waals surface area contributed by atoms with Gasteiger partial charge >= 0.3 is 0 Å². The molecule has 1 aliphatic rings. The molecular weight excluding hydrogens is 232 g/mol. The number of nitrogens with zero attached hydrogens (tertiary/aromatic N) is 1. The van der Waals surface area contributed by atoms with Crippen LogP contribution in [0.3, 0.4) is 0 Å². The lowest BCUT2D eigenvalue weighted by atomic mass is 9.90. The number of hydrogen-bond acceptors (Lipinski definition) is 2. The first-order valence-corrected chi connectivity index (χ1v) is 7.60. The van der Waals surface area contributed by atoms with E-state index in [0.29, 0.717) is 12.1 Å². The highest BCUT2D eigenvalue weighted by molar-refractivity contribution is 5.30. The lowest BCUT2D eigenvalue weighted by Gasteiger charge is -2.36. The van der Waals surface area contributed by atoms with E-state index in [2.05, 4.69) is 44.0 Å². The van der Waals surface area contributed by atoms with E-state index in [-0.39, 0.29) is 0 Å². The van der Waals surface area contributed by atoms with Crippen LogP contribution in [0.15, 0.2) is 18.2 Å². The fourth-order valence-electron chi connectivity index (χ4n) is 3.28. The van der Waals surface area contributed by atoms with Crippen molar-refractivity contribution in [1.29, 1.82) is 0 Å². The number of benzene rings is 1. The summed E-state index contributed by atoms with van der Waals surface area (Å²) in [5.74, 6) is 0. The van der Waals surface area contributed by atoms with Gasteiger partial charge < -0.3 is 10.6 Å². The van der Waals surface area contributed by atoms with Crippen LogP contribution in [-0.2, 0) is 6.42 Å². The van der Waals surface area contributed by atoms with Crippen LogP contribution in [0.5, 0.6) is 0 Å². The minimum atomic E-state index is 0.373. The standard InChI is InChI=1S/C17H28N2/c1-13-8-9-15(14(2)12-13)10-11-19(3)17-7-5-4-6-16(17)18/h8-9,12,16-17H,4-7,10-11,18H2,1-3H3. The fourth-order valence-corrected chi connectivity index (χ4v) is 3.28. The summed E-state index contributed by atoms with van der Waals surface area (Å²) in [5.41, 5.74) is 10.5. The Morgan fingerprint density at radius 1 is 1.21 bits per heavy atom. The second kappa shape index (κ2) is 6.53. The number of hydrogen-bond donors (Lipinski definition) is 1. The zero-order chi connectivity index (χ0) is 13.8. The van der Waals surface area contributed by atoms with Gasteiger partial charge in [0, 0.05) is 18.6 Å². The molecule has 2 unspecified atom stereocenters. The van der Waals surface area contributed by atoms with Gasteiger partial charge in [-0.3, -0.25) is 0 Å². The smallest absolute Gasteiger partial charge is 0.0244 e. The molecule has 1 aromatic rings. The van der Waals surface area contributed by atoms with Crippen LogP contribution < -0.4 is 5.73 Å². The van der Waals surface area contributed by atoms with Crippen LogP contribution in [0.2, 0.25) is 0 Å². The van der Waals surface area contributed by atoms with Gasteiger partial charge in [0.2, 0.25) is 0 Å². The molecule has 0 heterocycles. The van der Waals surface area contributed by atoms with Crippen molar-refractivity contribution in [3.05, 3.63) is 34.9 Å². The van der Waals surface area contributed by atoms with E-state index < -0.39 is 0 Å². The Morgan fingerprint density at radius 2 is 1.95 bits per heavy atom. The molecule has 1 fully saturated rings. The molecule has 0 saturated heterocycles. The van der Waals surface area contributed by atoms with Crippen molar-refractivity contribution in [2.24, 2.45) is 5.73 Å². The minimum Gasteiger partial charge on any atom is -0.326 e. The van der Waals surface area contributed by atoms with E-state index in [4.69, 9.17) is 5.73 Å². The molecular formula is C17H28N2. The third-order valence-electron chi connectivity index (χ3n) is 4.58. The summed E-state index contributed by atoms with van der Waals surface area (Å²) in [7, 11) is 2.24. The maximum Gasteiger partial charge on any atom is 0.0244 e. The maximum absolute atomic E-state index is 6.26. The van der Waals surface area contributed by atoms with E-state index in [0.717, 1.165) is 13.0 Å². The normalized spacial score (nSPS) is 23.8. The number of likely N-dealkylation sites (N-methyl/N-ethyl adjacent to an activating group) is 1. The summed E-state index contributed by atoms with van der Waals surface area (Å²) >= 11 is 0. The number of rotatable bonds is 4. The van der Waals surface area contributed by atoms with Crippen molar-refractivity contribution >= 4 is 0 Å². The third kappa shape index (κ3) is 3.80. The van der Waals surface area contributed by atoms with Gasteiger partial charge in [-0.25, -0.2) is 0 Å². The van der Waals surface area contributed by atoms with Crippen molar-refractivity contribution in [3.8, 4) is 0 Å². The SMILES string of the molecule is Cc1ccc(CCN(C)C2CCCCC2N)c(C)c1. The fraction of sp³-hybridized carbons (Fsp3) is 0.647. The second-order valence-corrected chi connectivity index (χ2v) is 6.18. The quantitative estimate of drug-likeness (QED) is 0.901. The zero-order valence-corrected chi connectivity index (χ0v) is 12.7. The Labute approximate surface area is 118 Å². The number of aryl methyl sites for hydroxylation is 2. The van der Waals surface area contributed by atoms with Crippen molar-refractivity contribution < 1.29 is 0 Å². The summed E-state index contributed by atoms with van der Waals surface area (Å²) in [6.07, 6.45) is 6.24. The average Bonchev–Trinajstić information content (AvgIpc) is 2.38. The molecule has 19 heavy (non-hydrogen) atoms. The Kier molecular flexibility index (Phi) is 5.00. The highest BCUT2D eigenvalue weighted by Gasteiger charge is 2.24. The van der Waals surface area contributed by atoms with Crippen molar-refractivity contribution in [1.82, 2.24) is 4.90 Å². The Morgan fingerprint density at radius 3 is 2.63 bits per heavy atom. The summed E-state index contributed by atoms with van der Waals surface area (Å²) in [5, 5.41) is 0. The van der Waals surface area contributed by atoms with Gasteiger partial charge in [0.15, 0.2) is 0 Å². The first-order chi connectivity index (χ1) is 9.08. The van der Waals surface area contributed by atoms with Crippen LogP contribution in [0.25, 0.3) is 0 Å². The molecule has 2 nitrogen and oxygen atoms in total. The van der Waals surface area contributed by atoms with Crippen LogP contribution in [-0.4, -0.2) is 30.6 Å². The molecule has 0 aliphatic heterocycles. The Balaban J connectivity index is 1.90. The summed E-state index contributed by atoms with van der Waals surface area (Å²) in [6.45, 7) is 5.49. The van der Waals surface area contributed by atoms with Gasteiger partial charge in [-0.1, -0.05) is 36.6 Å². The lowest BCUT2D eigenvalue weighted by Crippen LogP contribution is -2.48. The average molecular weight is 260 g/mol. The molecule has 2 rings (SSSR count). The Hall–Kier alpha value is -0.860. The van der Waals surface area contributed by atoms with Crippen LogP contribution in [0, 0.1) is 13.8 Å². The van der Waals surface area contributed by atoms with Gasteiger partial charge in [0.05, 0.1) is 0 Å². The molecule has 0 amide bonds. The largest absolute Gasteiger partial charge is 0.326 e. The number of nitrogens with two attached hydrogens (primary N) is 1. The molecule has 1 aromatic carbocycles. The molecule has 0 bridgehead atoms. The van der Waals surface area contributed by atoms with Gasteiger partial charge in [-0.05, 0) is 51.3 Å². The van der Waals surface area contributed by atoms with Crippen molar-refractivity contribution in [2.75, 3.05) is 13.6 Å². The van der Waals surface area contributed by atoms with E-state index in [1.54, 1.807) is 0 Å². The minimum absolute atomic E-state index is 0.373. The third-order valence-corrected chi connectivity index (χ3v) is 4.58. The second-order valence-electron chi connectivity index (χ2n) is 6.18. The van der Waals surface area contributed by atoms with Gasteiger partial charge in [0.25, 0.3) is 0 Å². The van der Waals surface area contributed by atoms with Crippen LogP contribution in [0.1, 0.15) is 42.4 Å². The first-order valence-electron chi connectivity index (χ1n) is 7.60. The summed E-state index contributed by atoms with van der Waals surface area (Å²) < 4.78 is 0. The van der Waals surface area contributed by atoms with E-state index in [9.17, 15) is 0 Å². The van der Waals surface area contributed by atoms with Crippen molar-refractivity contribution in [2.45, 2.75) is 58.0 Å². The predicted molar refractivity (Wildman–Crippen MR) is 82.5 cm³/mol. The van der Waals surface area contributed by atoms with Gasteiger partial charge in [0.1, 0.15) is 0 Å². The molecule has 1 aliphatic carbocycles.